The van der Waals surface area contributed by atoms with Gasteiger partial charge < -0.3 is 14.2 Å². The number of hydrogen-bond acceptors (Lipinski definition) is 6. The van der Waals surface area contributed by atoms with Crippen LogP contribution in [-0.2, 0) is 28.6 Å². The maximum atomic E-state index is 12.8. The lowest BCUT2D eigenvalue weighted by Gasteiger charge is -2.18. The highest BCUT2D eigenvalue weighted by Gasteiger charge is 2.19. The number of allylic oxidation sites excluding steroid dienone is 12. The summed E-state index contributed by atoms with van der Waals surface area (Å²) < 4.78 is 16.7. The van der Waals surface area contributed by atoms with E-state index in [0.29, 0.717) is 19.3 Å². The molecule has 0 aromatic rings. The fourth-order valence-corrected chi connectivity index (χ4v) is 7.05. The average molecular weight is 865 g/mol. The van der Waals surface area contributed by atoms with Crippen molar-refractivity contribution < 1.29 is 28.6 Å². The minimum atomic E-state index is -0.782. The van der Waals surface area contributed by atoms with Crippen molar-refractivity contribution in [3.8, 4) is 0 Å². The van der Waals surface area contributed by atoms with Crippen LogP contribution in [0.3, 0.4) is 0 Å². The number of carbonyl (C=O) groups excluding carboxylic acids is 3. The molecule has 62 heavy (non-hydrogen) atoms. The summed E-state index contributed by atoms with van der Waals surface area (Å²) in [7, 11) is 0. The molecule has 0 aliphatic heterocycles. The Balaban J connectivity index is 4.27. The van der Waals surface area contributed by atoms with Gasteiger partial charge in [-0.15, -0.1) is 0 Å². The van der Waals surface area contributed by atoms with Crippen molar-refractivity contribution >= 4 is 17.9 Å². The van der Waals surface area contributed by atoms with Gasteiger partial charge in [-0.25, -0.2) is 0 Å². The first-order chi connectivity index (χ1) is 30.5. The van der Waals surface area contributed by atoms with Gasteiger partial charge in [-0.2, -0.15) is 0 Å². The van der Waals surface area contributed by atoms with E-state index in [4.69, 9.17) is 14.2 Å². The molecule has 0 aliphatic rings. The van der Waals surface area contributed by atoms with Crippen molar-refractivity contribution in [2.45, 2.75) is 252 Å². The van der Waals surface area contributed by atoms with Crippen LogP contribution in [0, 0.1) is 0 Å². The molecule has 0 heterocycles. The number of esters is 3. The Hall–Kier alpha value is -3.15. The van der Waals surface area contributed by atoms with Crippen molar-refractivity contribution in [2.75, 3.05) is 13.2 Å². The molecule has 0 bridgehead atoms. The summed E-state index contributed by atoms with van der Waals surface area (Å²) in [6.45, 7) is 6.45. The zero-order valence-electron chi connectivity index (χ0n) is 40.6. The van der Waals surface area contributed by atoms with E-state index >= 15 is 0 Å². The first kappa shape index (κ1) is 58.9. The van der Waals surface area contributed by atoms with Crippen molar-refractivity contribution in [1.82, 2.24) is 0 Å². The Morgan fingerprint density at radius 1 is 0.339 bits per heavy atom. The SMILES string of the molecule is CC/C=C\C/C=C\C/C=C\C/C=C\CCCCCCCCCCC(=O)OCC(COC(=O)CCCCCCCCC)OC(=O)CCCCCCC/C=C\C/C=C\CCCCCC. The Kier molecular flexibility index (Phi) is 47.9. The fraction of sp³-hybridized carbons (Fsp3) is 0.732. The molecule has 356 valence electrons. The normalized spacial score (nSPS) is 12.6. The Bertz CT molecular complexity index is 1180. The molecular formula is C56H96O6. The summed E-state index contributed by atoms with van der Waals surface area (Å²) in [5, 5.41) is 0. The van der Waals surface area contributed by atoms with Crippen molar-refractivity contribution in [1.29, 1.82) is 0 Å². The van der Waals surface area contributed by atoms with Gasteiger partial charge in [0.05, 0.1) is 0 Å². The minimum absolute atomic E-state index is 0.0833. The average Bonchev–Trinajstić information content (AvgIpc) is 3.27. The van der Waals surface area contributed by atoms with E-state index in [1.165, 1.54) is 89.9 Å². The molecule has 0 spiro atoms. The summed E-state index contributed by atoms with van der Waals surface area (Å²) in [5.74, 6) is -0.911. The second-order valence-electron chi connectivity index (χ2n) is 17.1. The third-order valence-corrected chi connectivity index (χ3v) is 10.9. The molecule has 0 aliphatic carbocycles. The van der Waals surface area contributed by atoms with Crippen molar-refractivity contribution in [3.63, 3.8) is 0 Å². The van der Waals surface area contributed by atoms with Gasteiger partial charge in [-0.3, -0.25) is 14.4 Å². The molecular weight excluding hydrogens is 769 g/mol. The quantitative estimate of drug-likeness (QED) is 0.0262. The van der Waals surface area contributed by atoms with Crippen LogP contribution in [0.25, 0.3) is 0 Å². The van der Waals surface area contributed by atoms with Gasteiger partial charge in [0.1, 0.15) is 13.2 Å². The molecule has 0 rings (SSSR count). The lowest BCUT2D eigenvalue weighted by molar-refractivity contribution is -0.167. The number of ether oxygens (including phenoxy) is 3. The van der Waals surface area contributed by atoms with Crippen molar-refractivity contribution in [2.24, 2.45) is 0 Å². The van der Waals surface area contributed by atoms with Gasteiger partial charge in [-0.1, -0.05) is 209 Å². The van der Waals surface area contributed by atoms with Crippen LogP contribution in [0.15, 0.2) is 72.9 Å². The highest BCUT2D eigenvalue weighted by molar-refractivity contribution is 5.71. The topological polar surface area (TPSA) is 78.9 Å². The molecule has 6 nitrogen and oxygen atoms in total. The molecule has 0 radical (unpaired) electrons. The van der Waals surface area contributed by atoms with Gasteiger partial charge in [-0.05, 0) is 89.9 Å². The van der Waals surface area contributed by atoms with E-state index in [1.807, 2.05) is 0 Å². The Labute approximate surface area is 382 Å². The van der Waals surface area contributed by atoms with Crippen molar-refractivity contribution in [3.05, 3.63) is 72.9 Å². The van der Waals surface area contributed by atoms with E-state index in [1.54, 1.807) is 0 Å². The molecule has 0 saturated heterocycles. The van der Waals surface area contributed by atoms with E-state index in [0.717, 1.165) is 116 Å². The van der Waals surface area contributed by atoms with E-state index < -0.39 is 6.10 Å². The molecule has 0 saturated carbocycles. The Morgan fingerprint density at radius 3 is 1.00 bits per heavy atom. The molecule has 0 N–H and O–H groups in total. The minimum Gasteiger partial charge on any atom is -0.462 e. The highest BCUT2D eigenvalue weighted by atomic mass is 16.6. The predicted molar refractivity (Wildman–Crippen MR) is 265 cm³/mol. The summed E-state index contributed by atoms with van der Waals surface area (Å²) >= 11 is 0. The van der Waals surface area contributed by atoms with Crippen LogP contribution in [0.2, 0.25) is 0 Å². The smallest absolute Gasteiger partial charge is 0.306 e. The highest BCUT2D eigenvalue weighted by Crippen LogP contribution is 2.14. The monoisotopic (exact) mass is 865 g/mol. The lowest BCUT2D eigenvalue weighted by atomic mass is 10.1. The third kappa shape index (κ3) is 47.9. The van der Waals surface area contributed by atoms with E-state index in [-0.39, 0.29) is 31.1 Å². The number of hydrogen-bond donors (Lipinski definition) is 0. The summed E-state index contributed by atoms with van der Waals surface area (Å²) in [5.41, 5.74) is 0. The summed E-state index contributed by atoms with van der Waals surface area (Å²) in [4.78, 5) is 37.8. The third-order valence-electron chi connectivity index (χ3n) is 10.9. The predicted octanol–water partition coefficient (Wildman–Crippen LogP) is 17.0. The van der Waals surface area contributed by atoms with Crippen LogP contribution in [0.1, 0.15) is 245 Å². The maximum absolute atomic E-state index is 12.8. The van der Waals surface area contributed by atoms with Gasteiger partial charge in [0.15, 0.2) is 6.10 Å². The summed E-state index contributed by atoms with van der Waals surface area (Å²) in [6, 6.07) is 0. The van der Waals surface area contributed by atoms with E-state index in [2.05, 4.69) is 93.7 Å². The molecule has 6 heteroatoms. The standard InChI is InChI=1S/C56H96O6/c1-4-7-10-13-16-18-20-22-24-26-27-28-29-30-32-33-35-37-40-43-46-49-55(58)61-52-53(51-60-54(57)48-45-42-39-15-12-9-6-3)62-56(59)50-47-44-41-38-36-34-31-25-23-21-19-17-14-11-8-5-2/h7,10,16,18-19,21-22,24-25,27-28,31,53H,4-6,8-9,11-15,17,20,23,26,29-30,32-52H2,1-3H3/b10-7-,18-16-,21-19-,24-22-,28-27-,31-25-. The van der Waals surface area contributed by atoms with Crippen LogP contribution in [0.4, 0.5) is 0 Å². The lowest BCUT2D eigenvalue weighted by Crippen LogP contribution is -2.30. The molecule has 1 unspecified atom stereocenters. The zero-order chi connectivity index (χ0) is 45.1. The Morgan fingerprint density at radius 2 is 0.629 bits per heavy atom. The fourth-order valence-electron chi connectivity index (χ4n) is 7.05. The van der Waals surface area contributed by atoms with Gasteiger partial charge >= 0.3 is 17.9 Å². The number of carbonyl (C=O) groups is 3. The number of unbranched alkanes of at least 4 members (excludes halogenated alkanes) is 23. The van der Waals surface area contributed by atoms with Crippen LogP contribution in [-0.4, -0.2) is 37.2 Å². The summed E-state index contributed by atoms with van der Waals surface area (Å²) in [6.07, 6.45) is 63.3. The van der Waals surface area contributed by atoms with Crippen LogP contribution >= 0.6 is 0 Å². The molecule has 0 aromatic heterocycles. The van der Waals surface area contributed by atoms with Gasteiger partial charge in [0.2, 0.25) is 0 Å². The second kappa shape index (κ2) is 50.5. The molecule has 0 fully saturated rings. The van der Waals surface area contributed by atoms with Gasteiger partial charge in [0.25, 0.3) is 0 Å². The number of rotatable bonds is 46. The molecule has 0 amide bonds. The molecule has 1 atom stereocenters. The first-order valence-corrected chi connectivity index (χ1v) is 25.9. The van der Waals surface area contributed by atoms with E-state index in [9.17, 15) is 14.4 Å². The first-order valence-electron chi connectivity index (χ1n) is 25.9. The maximum Gasteiger partial charge on any atom is 0.306 e. The van der Waals surface area contributed by atoms with Crippen LogP contribution < -0.4 is 0 Å². The largest absolute Gasteiger partial charge is 0.462 e. The van der Waals surface area contributed by atoms with Gasteiger partial charge in [0, 0.05) is 19.3 Å². The second-order valence-corrected chi connectivity index (χ2v) is 17.1. The molecule has 0 aromatic carbocycles. The van der Waals surface area contributed by atoms with Crippen LogP contribution in [0.5, 0.6) is 0 Å². The zero-order valence-corrected chi connectivity index (χ0v) is 40.6.